The van der Waals surface area contributed by atoms with Gasteiger partial charge >= 0.3 is 0 Å². The molecular weight excluding hydrogens is 262 g/mol. The van der Waals surface area contributed by atoms with Crippen LogP contribution in [0.3, 0.4) is 0 Å². The minimum Gasteiger partial charge on any atom is -0.494 e. The fraction of sp³-hybridized carbons (Fsp3) is 0.667. The van der Waals surface area contributed by atoms with Crippen LogP contribution in [0.5, 0.6) is 5.75 Å². The fourth-order valence-corrected chi connectivity index (χ4v) is 2.93. The fourth-order valence-electron chi connectivity index (χ4n) is 2.93. The van der Waals surface area contributed by atoms with Crippen molar-refractivity contribution in [2.45, 2.75) is 45.6 Å². The lowest BCUT2D eigenvalue weighted by Crippen LogP contribution is -2.36. The quantitative estimate of drug-likeness (QED) is 0.832. The number of hydrogen-bond donors (Lipinski definition) is 1. The first-order valence-corrected chi connectivity index (χ1v) is 8.36. The third-order valence-corrected chi connectivity index (χ3v) is 4.45. The molecule has 1 unspecified atom stereocenters. The highest BCUT2D eigenvalue weighted by Crippen LogP contribution is 2.23. The molecule has 1 aliphatic rings. The minimum atomic E-state index is -0.400. The zero-order valence-corrected chi connectivity index (χ0v) is 13.4. The van der Waals surface area contributed by atoms with Crippen LogP contribution in [-0.2, 0) is 0 Å². The summed E-state index contributed by atoms with van der Waals surface area (Å²) in [6.45, 7) is 8.09. The number of rotatable bonds is 7. The van der Waals surface area contributed by atoms with E-state index in [9.17, 15) is 5.11 Å². The average molecular weight is 291 g/mol. The summed E-state index contributed by atoms with van der Waals surface area (Å²) in [7, 11) is 0. The summed E-state index contributed by atoms with van der Waals surface area (Å²) < 4.78 is 5.57. The van der Waals surface area contributed by atoms with E-state index in [2.05, 4.69) is 18.7 Å². The van der Waals surface area contributed by atoms with Gasteiger partial charge in [-0.05, 0) is 56.0 Å². The molecule has 1 aromatic carbocycles. The third-order valence-electron chi connectivity index (χ3n) is 4.45. The van der Waals surface area contributed by atoms with E-state index in [0.29, 0.717) is 0 Å². The number of piperidine rings is 1. The van der Waals surface area contributed by atoms with Crippen LogP contribution in [0, 0.1) is 5.92 Å². The van der Waals surface area contributed by atoms with Gasteiger partial charge in [-0.3, -0.25) is 0 Å². The lowest BCUT2D eigenvalue weighted by molar-refractivity contribution is 0.0887. The molecule has 1 fully saturated rings. The highest BCUT2D eigenvalue weighted by Gasteiger charge is 2.20. The molecule has 2 rings (SSSR count). The maximum absolute atomic E-state index is 10.4. The van der Waals surface area contributed by atoms with Crippen LogP contribution in [0.25, 0.3) is 0 Å². The highest BCUT2D eigenvalue weighted by atomic mass is 16.5. The van der Waals surface area contributed by atoms with Crippen LogP contribution >= 0.6 is 0 Å². The van der Waals surface area contributed by atoms with E-state index in [0.717, 1.165) is 49.9 Å². The van der Waals surface area contributed by atoms with Gasteiger partial charge in [-0.25, -0.2) is 0 Å². The number of hydrogen-bond acceptors (Lipinski definition) is 3. The zero-order chi connectivity index (χ0) is 15.1. The molecule has 1 aliphatic heterocycles. The van der Waals surface area contributed by atoms with Crippen molar-refractivity contribution in [1.29, 1.82) is 0 Å². The Bertz CT molecular complexity index is 396. The number of likely N-dealkylation sites (tertiary alicyclic amines) is 1. The van der Waals surface area contributed by atoms with Crippen molar-refractivity contribution < 1.29 is 9.84 Å². The molecule has 0 saturated carbocycles. The molecule has 118 valence electrons. The molecule has 3 heteroatoms. The molecule has 1 N–H and O–H groups in total. The van der Waals surface area contributed by atoms with Crippen molar-refractivity contribution >= 4 is 0 Å². The van der Waals surface area contributed by atoms with Gasteiger partial charge in [0.2, 0.25) is 0 Å². The number of aliphatic hydroxyl groups excluding tert-OH is 1. The lowest BCUT2D eigenvalue weighted by atomic mass is 9.94. The Morgan fingerprint density at radius 1 is 1.19 bits per heavy atom. The Labute approximate surface area is 128 Å². The Balaban J connectivity index is 1.81. The van der Waals surface area contributed by atoms with E-state index in [1.54, 1.807) is 0 Å². The molecule has 21 heavy (non-hydrogen) atoms. The van der Waals surface area contributed by atoms with Crippen molar-refractivity contribution in [2.24, 2.45) is 5.92 Å². The Morgan fingerprint density at radius 3 is 2.43 bits per heavy atom. The number of aliphatic hydroxyl groups is 1. The number of ether oxygens (including phenoxy) is 1. The summed E-state index contributed by atoms with van der Waals surface area (Å²) >= 11 is 0. The van der Waals surface area contributed by atoms with Gasteiger partial charge in [-0.2, -0.15) is 0 Å². The SMILES string of the molecule is CCCOc1ccc(C(O)CN2CCC(CC)CC2)cc1. The normalized spacial score (nSPS) is 18.6. The number of benzene rings is 1. The molecule has 1 atom stereocenters. The van der Waals surface area contributed by atoms with Crippen LogP contribution in [0.15, 0.2) is 24.3 Å². The van der Waals surface area contributed by atoms with Crippen molar-refractivity contribution in [3.8, 4) is 5.75 Å². The van der Waals surface area contributed by atoms with E-state index in [4.69, 9.17) is 4.74 Å². The molecule has 0 spiro atoms. The Hall–Kier alpha value is -1.06. The minimum absolute atomic E-state index is 0.400. The van der Waals surface area contributed by atoms with E-state index in [1.807, 2.05) is 24.3 Å². The molecule has 0 aliphatic carbocycles. The number of β-amino-alcohol motifs (C(OH)–C–C–N with tert-alkyl or cyclic N) is 1. The second kappa shape index (κ2) is 8.40. The van der Waals surface area contributed by atoms with Gasteiger partial charge in [0.15, 0.2) is 0 Å². The summed E-state index contributed by atoms with van der Waals surface area (Å²) in [5.74, 6) is 1.77. The topological polar surface area (TPSA) is 32.7 Å². The maximum Gasteiger partial charge on any atom is 0.119 e. The van der Waals surface area contributed by atoms with Gasteiger partial charge in [-0.1, -0.05) is 32.4 Å². The summed E-state index contributed by atoms with van der Waals surface area (Å²) in [6.07, 6.45) is 4.44. The summed E-state index contributed by atoms with van der Waals surface area (Å²) in [6, 6.07) is 7.87. The van der Waals surface area contributed by atoms with Crippen LogP contribution < -0.4 is 4.74 Å². The van der Waals surface area contributed by atoms with E-state index in [1.165, 1.54) is 19.3 Å². The monoisotopic (exact) mass is 291 g/mol. The van der Waals surface area contributed by atoms with E-state index < -0.39 is 6.10 Å². The van der Waals surface area contributed by atoms with Crippen LogP contribution in [-0.4, -0.2) is 36.2 Å². The lowest BCUT2D eigenvalue weighted by Gasteiger charge is -2.32. The molecule has 1 aromatic rings. The molecule has 1 heterocycles. The van der Waals surface area contributed by atoms with Crippen LogP contribution in [0.4, 0.5) is 0 Å². The smallest absolute Gasteiger partial charge is 0.119 e. The van der Waals surface area contributed by atoms with Gasteiger partial charge in [0.1, 0.15) is 5.75 Å². The van der Waals surface area contributed by atoms with Crippen molar-refractivity contribution in [2.75, 3.05) is 26.2 Å². The van der Waals surface area contributed by atoms with E-state index >= 15 is 0 Å². The van der Waals surface area contributed by atoms with Gasteiger partial charge < -0.3 is 14.7 Å². The predicted molar refractivity (Wildman–Crippen MR) is 86.6 cm³/mol. The van der Waals surface area contributed by atoms with Gasteiger partial charge in [-0.15, -0.1) is 0 Å². The summed E-state index contributed by atoms with van der Waals surface area (Å²) in [4.78, 5) is 2.39. The average Bonchev–Trinajstić information content (AvgIpc) is 2.54. The highest BCUT2D eigenvalue weighted by molar-refractivity contribution is 5.28. The molecule has 0 bridgehead atoms. The molecule has 0 aromatic heterocycles. The Morgan fingerprint density at radius 2 is 1.86 bits per heavy atom. The largest absolute Gasteiger partial charge is 0.494 e. The van der Waals surface area contributed by atoms with Crippen molar-refractivity contribution in [3.05, 3.63) is 29.8 Å². The standard InChI is InChI=1S/C18H29NO2/c1-3-13-21-17-7-5-16(6-8-17)18(20)14-19-11-9-15(4-2)10-12-19/h5-8,15,18,20H,3-4,9-14H2,1-2H3. The summed E-state index contributed by atoms with van der Waals surface area (Å²) in [5.41, 5.74) is 0.983. The molecule has 3 nitrogen and oxygen atoms in total. The third kappa shape index (κ3) is 5.01. The van der Waals surface area contributed by atoms with Gasteiger partial charge in [0.25, 0.3) is 0 Å². The zero-order valence-electron chi connectivity index (χ0n) is 13.4. The van der Waals surface area contributed by atoms with Crippen LogP contribution in [0.1, 0.15) is 51.2 Å². The first kappa shape index (κ1) is 16.3. The first-order chi connectivity index (χ1) is 10.2. The molecule has 0 radical (unpaired) electrons. The van der Waals surface area contributed by atoms with E-state index in [-0.39, 0.29) is 0 Å². The molecular formula is C18H29NO2. The Kier molecular flexibility index (Phi) is 6.52. The second-order valence-electron chi connectivity index (χ2n) is 6.09. The second-order valence-corrected chi connectivity index (χ2v) is 6.09. The maximum atomic E-state index is 10.4. The first-order valence-electron chi connectivity index (χ1n) is 8.36. The van der Waals surface area contributed by atoms with Crippen molar-refractivity contribution in [3.63, 3.8) is 0 Å². The molecule has 0 amide bonds. The predicted octanol–water partition coefficient (Wildman–Crippen LogP) is 3.63. The summed E-state index contributed by atoms with van der Waals surface area (Å²) in [5, 5.41) is 10.4. The molecule has 1 saturated heterocycles. The van der Waals surface area contributed by atoms with Crippen molar-refractivity contribution in [1.82, 2.24) is 4.90 Å². The van der Waals surface area contributed by atoms with Gasteiger partial charge in [0, 0.05) is 6.54 Å². The number of nitrogens with zero attached hydrogens (tertiary/aromatic N) is 1. The van der Waals surface area contributed by atoms with Crippen LogP contribution in [0.2, 0.25) is 0 Å². The van der Waals surface area contributed by atoms with Gasteiger partial charge in [0.05, 0.1) is 12.7 Å².